The lowest BCUT2D eigenvalue weighted by atomic mass is 10.1. The Morgan fingerprint density at radius 3 is 2.60 bits per heavy atom. The van der Waals surface area contributed by atoms with Gasteiger partial charge in [-0.1, -0.05) is 6.07 Å². The van der Waals surface area contributed by atoms with Gasteiger partial charge in [-0.05, 0) is 55.3 Å². The molecule has 1 aromatic heterocycles. The Bertz CT molecular complexity index is 784. The van der Waals surface area contributed by atoms with E-state index in [-0.39, 0.29) is 0 Å². The Labute approximate surface area is 117 Å². The van der Waals surface area contributed by atoms with Gasteiger partial charge in [0.25, 0.3) is 0 Å². The number of aromatic nitrogens is 2. The zero-order valence-corrected chi connectivity index (χ0v) is 11.4. The van der Waals surface area contributed by atoms with Crippen LogP contribution in [0.1, 0.15) is 11.1 Å². The fourth-order valence-electron chi connectivity index (χ4n) is 2.02. The molecule has 4 heteroatoms. The molecule has 100 valence electrons. The summed E-state index contributed by atoms with van der Waals surface area (Å²) in [5, 5.41) is 0.847. The summed E-state index contributed by atoms with van der Waals surface area (Å²) in [5.74, 6) is 1.31. The molecule has 0 unspecified atom stereocenters. The molecule has 0 aliphatic heterocycles. The number of anilines is 1. The predicted molar refractivity (Wildman–Crippen MR) is 79.9 cm³/mol. The molecule has 0 saturated heterocycles. The van der Waals surface area contributed by atoms with E-state index >= 15 is 0 Å². The first-order valence-corrected chi connectivity index (χ1v) is 6.39. The summed E-state index contributed by atoms with van der Waals surface area (Å²) in [6.07, 6.45) is 1.48. The quantitative estimate of drug-likeness (QED) is 0.719. The van der Waals surface area contributed by atoms with Crippen LogP contribution in [0.15, 0.2) is 42.7 Å². The number of nitrogens with zero attached hydrogens (tertiary/aromatic N) is 2. The van der Waals surface area contributed by atoms with Gasteiger partial charge in [-0.15, -0.1) is 0 Å². The van der Waals surface area contributed by atoms with Crippen molar-refractivity contribution >= 4 is 16.6 Å². The summed E-state index contributed by atoms with van der Waals surface area (Å²) < 4.78 is 5.88. The van der Waals surface area contributed by atoms with Crippen molar-refractivity contribution < 1.29 is 4.74 Å². The summed E-state index contributed by atoms with van der Waals surface area (Å²) in [5.41, 5.74) is 9.63. The van der Waals surface area contributed by atoms with E-state index in [2.05, 4.69) is 23.8 Å². The fourth-order valence-corrected chi connectivity index (χ4v) is 2.02. The van der Waals surface area contributed by atoms with Crippen LogP contribution in [0.5, 0.6) is 11.6 Å². The van der Waals surface area contributed by atoms with E-state index in [9.17, 15) is 0 Å². The molecule has 2 N–H and O–H groups in total. The van der Waals surface area contributed by atoms with Crippen molar-refractivity contribution in [2.75, 3.05) is 5.73 Å². The molecule has 0 aliphatic rings. The molecule has 0 spiro atoms. The minimum Gasteiger partial charge on any atom is -0.438 e. The van der Waals surface area contributed by atoms with Gasteiger partial charge >= 0.3 is 0 Å². The number of aryl methyl sites for hydroxylation is 2. The van der Waals surface area contributed by atoms with Crippen molar-refractivity contribution in [1.29, 1.82) is 0 Å². The molecular weight excluding hydrogens is 250 g/mol. The minimum absolute atomic E-state index is 0.540. The van der Waals surface area contributed by atoms with Gasteiger partial charge in [-0.2, -0.15) is 0 Å². The highest BCUT2D eigenvalue weighted by Crippen LogP contribution is 2.28. The van der Waals surface area contributed by atoms with E-state index in [1.165, 1.54) is 17.5 Å². The standard InChI is InChI=1S/C16H15N3O/c1-10-3-5-13(7-11(10)2)20-16-14-6-4-12(17)8-15(14)18-9-19-16/h3-9H,17H2,1-2H3. The number of nitrogens with two attached hydrogens (primary N) is 1. The Kier molecular flexibility index (Phi) is 2.99. The van der Waals surface area contributed by atoms with E-state index < -0.39 is 0 Å². The number of nitrogen functional groups attached to an aromatic ring is 1. The Balaban J connectivity index is 2.04. The topological polar surface area (TPSA) is 61.0 Å². The van der Waals surface area contributed by atoms with Crippen molar-refractivity contribution in [3.05, 3.63) is 53.9 Å². The van der Waals surface area contributed by atoms with Crippen molar-refractivity contribution in [2.24, 2.45) is 0 Å². The molecule has 0 aliphatic carbocycles. The van der Waals surface area contributed by atoms with Crippen molar-refractivity contribution in [2.45, 2.75) is 13.8 Å². The molecule has 1 heterocycles. The van der Waals surface area contributed by atoms with Gasteiger partial charge in [-0.3, -0.25) is 0 Å². The third kappa shape index (κ3) is 2.28. The maximum absolute atomic E-state index is 5.88. The smallest absolute Gasteiger partial charge is 0.230 e. The average molecular weight is 265 g/mol. The fraction of sp³-hybridized carbons (Fsp3) is 0.125. The molecule has 20 heavy (non-hydrogen) atoms. The molecule has 0 fully saturated rings. The first-order valence-electron chi connectivity index (χ1n) is 6.39. The summed E-state index contributed by atoms with van der Waals surface area (Å²) in [6, 6.07) is 11.5. The number of benzene rings is 2. The molecule has 0 saturated carbocycles. The third-order valence-corrected chi connectivity index (χ3v) is 3.32. The van der Waals surface area contributed by atoms with Crippen LogP contribution >= 0.6 is 0 Å². The molecule has 0 radical (unpaired) electrons. The number of hydrogen-bond donors (Lipinski definition) is 1. The summed E-state index contributed by atoms with van der Waals surface area (Å²) >= 11 is 0. The molecular formula is C16H15N3O. The highest BCUT2D eigenvalue weighted by atomic mass is 16.5. The maximum atomic E-state index is 5.88. The maximum Gasteiger partial charge on any atom is 0.230 e. The SMILES string of the molecule is Cc1ccc(Oc2ncnc3cc(N)ccc23)cc1C. The van der Waals surface area contributed by atoms with Crippen LogP contribution in [-0.4, -0.2) is 9.97 Å². The molecule has 0 bridgehead atoms. The van der Waals surface area contributed by atoms with Crippen LogP contribution in [0.3, 0.4) is 0 Å². The molecule has 0 amide bonds. The van der Waals surface area contributed by atoms with Gasteiger partial charge in [0, 0.05) is 5.69 Å². The highest BCUT2D eigenvalue weighted by molar-refractivity contribution is 5.85. The first-order chi connectivity index (χ1) is 9.63. The van der Waals surface area contributed by atoms with Crippen LogP contribution in [0.2, 0.25) is 0 Å². The lowest BCUT2D eigenvalue weighted by Gasteiger charge is -2.09. The second-order valence-corrected chi connectivity index (χ2v) is 4.80. The monoisotopic (exact) mass is 265 g/mol. The molecule has 4 nitrogen and oxygen atoms in total. The van der Waals surface area contributed by atoms with E-state index in [1.807, 2.05) is 36.4 Å². The number of fused-ring (bicyclic) bond motifs is 1. The van der Waals surface area contributed by atoms with E-state index in [0.717, 1.165) is 16.7 Å². The van der Waals surface area contributed by atoms with Crippen molar-refractivity contribution in [3.8, 4) is 11.6 Å². The van der Waals surface area contributed by atoms with Crippen LogP contribution in [0.4, 0.5) is 5.69 Å². The third-order valence-electron chi connectivity index (χ3n) is 3.32. The molecule has 2 aromatic carbocycles. The first kappa shape index (κ1) is 12.4. The predicted octanol–water partition coefficient (Wildman–Crippen LogP) is 3.62. The van der Waals surface area contributed by atoms with Gasteiger partial charge < -0.3 is 10.5 Å². The summed E-state index contributed by atoms with van der Waals surface area (Å²) in [6.45, 7) is 4.13. The Morgan fingerprint density at radius 2 is 1.80 bits per heavy atom. The molecule has 0 atom stereocenters. The van der Waals surface area contributed by atoms with Gasteiger partial charge in [0.2, 0.25) is 5.88 Å². The average Bonchev–Trinajstić information content (AvgIpc) is 2.43. The second-order valence-electron chi connectivity index (χ2n) is 4.80. The number of hydrogen-bond acceptors (Lipinski definition) is 4. The lowest BCUT2D eigenvalue weighted by Crippen LogP contribution is -1.93. The Morgan fingerprint density at radius 1 is 0.950 bits per heavy atom. The van der Waals surface area contributed by atoms with Crippen LogP contribution in [0, 0.1) is 13.8 Å². The minimum atomic E-state index is 0.540. The van der Waals surface area contributed by atoms with Crippen molar-refractivity contribution in [1.82, 2.24) is 9.97 Å². The Hall–Kier alpha value is -2.62. The second kappa shape index (κ2) is 4.81. The van der Waals surface area contributed by atoms with Gasteiger partial charge in [-0.25, -0.2) is 9.97 Å². The van der Waals surface area contributed by atoms with Gasteiger partial charge in [0.15, 0.2) is 0 Å². The zero-order chi connectivity index (χ0) is 14.1. The lowest BCUT2D eigenvalue weighted by molar-refractivity contribution is 0.467. The highest BCUT2D eigenvalue weighted by Gasteiger charge is 2.07. The summed E-state index contributed by atoms with van der Waals surface area (Å²) in [4.78, 5) is 8.41. The van der Waals surface area contributed by atoms with Crippen LogP contribution in [-0.2, 0) is 0 Å². The van der Waals surface area contributed by atoms with Crippen LogP contribution in [0.25, 0.3) is 10.9 Å². The van der Waals surface area contributed by atoms with E-state index in [1.54, 1.807) is 0 Å². The molecule has 3 aromatic rings. The zero-order valence-electron chi connectivity index (χ0n) is 11.4. The van der Waals surface area contributed by atoms with Gasteiger partial charge in [0.1, 0.15) is 12.1 Å². The van der Waals surface area contributed by atoms with E-state index in [4.69, 9.17) is 10.5 Å². The number of rotatable bonds is 2. The van der Waals surface area contributed by atoms with Gasteiger partial charge in [0.05, 0.1) is 10.9 Å². The van der Waals surface area contributed by atoms with E-state index in [0.29, 0.717) is 11.6 Å². The normalized spacial score (nSPS) is 10.7. The molecule has 3 rings (SSSR count). The largest absolute Gasteiger partial charge is 0.438 e. The number of ether oxygens (including phenoxy) is 1. The van der Waals surface area contributed by atoms with Crippen molar-refractivity contribution in [3.63, 3.8) is 0 Å². The van der Waals surface area contributed by atoms with Crippen LogP contribution < -0.4 is 10.5 Å². The summed E-state index contributed by atoms with van der Waals surface area (Å²) in [7, 11) is 0.